The molecule has 5 nitrogen and oxygen atoms in total. The van der Waals surface area contributed by atoms with Gasteiger partial charge in [0.1, 0.15) is 12.2 Å². The van der Waals surface area contributed by atoms with E-state index in [-0.39, 0.29) is 11.9 Å². The predicted molar refractivity (Wildman–Crippen MR) is 73.5 cm³/mol. The topological polar surface area (TPSA) is 59.8 Å². The Labute approximate surface area is 114 Å². The van der Waals surface area contributed by atoms with Crippen molar-refractivity contribution >= 4 is 5.91 Å². The third-order valence-corrected chi connectivity index (χ3v) is 3.64. The second-order valence-electron chi connectivity index (χ2n) is 5.17. The van der Waals surface area contributed by atoms with Crippen LogP contribution in [0.3, 0.4) is 0 Å². The Morgan fingerprint density at radius 3 is 3.00 bits per heavy atom. The molecule has 1 unspecified atom stereocenters. The molecular weight excluding hydrogens is 240 g/mol. The van der Waals surface area contributed by atoms with Crippen LogP contribution in [0.5, 0.6) is 0 Å². The fourth-order valence-electron chi connectivity index (χ4n) is 2.42. The number of rotatable bonds is 5. The lowest BCUT2D eigenvalue weighted by Crippen LogP contribution is -2.34. The van der Waals surface area contributed by atoms with Crippen molar-refractivity contribution in [2.75, 3.05) is 0 Å². The highest BCUT2D eigenvalue weighted by Gasteiger charge is 2.14. The van der Waals surface area contributed by atoms with E-state index < -0.39 is 0 Å². The molecular formula is C14H22N4O. The Kier molecular flexibility index (Phi) is 4.71. The van der Waals surface area contributed by atoms with Gasteiger partial charge in [0.15, 0.2) is 0 Å². The molecule has 1 aliphatic rings. The van der Waals surface area contributed by atoms with Crippen molar-refractivity contribution in [3.8, 4) is 0 Å². The van der Waals surface area contributed by atoms with Crippen LogP contribution in [0.2, 0.25) is 0 Å². The number of aryl methyl sites for hydroxylation is 2. The maximum atomic E-state index is 11.9. The van der Waals surface area contributed by atoms with Gasteiger partial charge in [-0.2, -0.15) is 0 Å². The molecule has 1 aliphatic carbocycles. The third-order valence-electron chi connectivity index (χ3n) is 3.64. The Hall–Kier alpha value is -1.65. The molecule has 104 valence electrons. The molecule has 19 heavy (non-hydrogen) atoms. The van der Waals surface area contributed by atoms with Crippen molar-refractivity contribution in [1.29, 1.82) is 0 Å². The van der Waals surface area contributed by atoms with Gasteiger partial charge in [0.2, 0.25) is 5.91 Å². The first kappa shape index (κ1) is 13.8. The zero-order chi connectivity index (χ0) is 13.7. The summed E-state index contributed by atoms with van der Waals surface area (Å²) in [7, 11) is 1.89. The first-order chi connectivity index (χ1) is 9.16. The molecule has 1 atom stereocenters. The van der Waals surface area contributed by atoms with Crippen molar-refractivity contribution in [3.05, 3.63) is 23.8 Å². The molecule has 0 spiro atoms. The second kappa shape index (κ2) is 6.50. The van der Waals surface area contributed by atoms with Crippen molar-refractivity contribution < 1.29 is 4.79 Å². The van der Waals surface area contributed by atoms with E-state index in [1.807, 2.05) is 11.6 Å². The largest absolute Gasteiger partial charge is 0.350 e. The van der Waals surface area contributed by atoms with Crippen LogP contribution in [-0.2, 0) is 18.3 Å². The standard InChI is InChI=1S/C14H22N4O/c1-11(12-6-4-3-5-7-12)16-14(19)9-8-13-17-15-10-18(13)2/h6,10-11H,3-5,7-9H2,1-2H3,(H,16,19). The van der Waals surface area contributed by atoms with E-state index in [1.54, 1.807) is 6.33 Å². The number of nitrogens with one attached hydrogen (secondary N) is 1. The Morgan fingerprint density at radius 2 is 2.37 bits per heavy atom. The van der Waals surface area contributed by atoms with Gasteiger partial charge < -0.3 is 9.88 Å². The van der Waals surface area contributed by atoms with Crippen molar-refractivity contribution in [2.45, 2.75) is 51.5 Å². The molecule has 0 bridgehead atoms. The van der Waals surface area contributed by atoms with Gasteiger partial charge in [0, 0.05) is 25.9 Å². The van der Waals surface area contributed by atoms with Crippen LogP contribution in [0, 0.1) is 0 Å². The zero-order valence-corrected chi connectivity index (χ0v) is 11.7. The summed E-state index contributed by atoms with van der Waals surface area (Å²) in [4.78, 5) is 11.9. The first-order valence-electron chi connectivity index (χ1n) is 6.98. The monoisotopic (exact) mass is 262 g/mol. The fourth-order valence-corrected chi connectivity index (χ4v) is 2.42. The molecule has 0 saturated heterocycles. The number of hydrogen-bond acceptors (Lipinski definition) is 3. The van der Waals surface area contributed by atoms with Crippen LogP contribution in [0.15, 0.2) is 18.0 Å². The molecule has 1 amide bonds. The summed E-state index contributed by atoms with van der Waals surface area (Å²) in [6, 6.07) is 0.160. The highest BCUT2D eigenvalue weighted by molar-refractivity contribution is 5.76. The number of amides is 1. The van der Waals surface area contributed by atoms with Crippen molar-refractivity contribution in [3.63, 3.8) is 0 Å². The number of allylic oxidation sites excluding steroid dienone is 1. The summed E-state index contributed by atoms with van der Waals surface area (Å²) in [5, 5.41) is 10.9. The number of aromatic nitrogens is 3. The second-order valence-corrected chi connectivity index (χ2v) is 5.17. The molecule has 2 rings (SSSR count). The normalized spacial score (nSPS) is 16.8. The summed E-state index contributed by atoms with van der Waals surface area (Å²) in [5.74, 6) is 0.932. The summed E-state index contributed by atoms with van der Waals surface area (Å²) >= 11 is 0. The minimum absolute atomic E-state index is 0.0852. The quantitative estimate of drug-likeness (QED) is 0.822. The zero-order valence-electron chi connectivity index (χ0n) is 11.7. The molecule has 5 heteroatoms. The minimum Gasteiger partial charge on any atom is -0.350 e. The van der Waals surface area contributed by atoms with Gasteiger partial charge in [-0.15, -0.1) is 10.2 Å². The number of carbonyl (C=O) groups excluding carboxylic acids is 1. The van der Waals surface area contributed by atoms with E-state index >= 15 is 0 Å². The summed E-state index contributed by atoms with van der Waals surface area (Å²) in [5.41, 5.74) is 1.37. The van der Waals surface area contributed by atoms with Gasteiger partial charge in [-0.1, -0.05) is 11.6 Å². The predicted octanol–water partition coefficient (Wildman–Crippen LogP) is 1.75. The first-order valence-corrected chi connectivity index (χ1v) is 6.98. The van der Waals surface area contributed by atoms with E-state index in [2.05, 4.69) is 28.5 Å². The Bertz CT molecular complexity index is 464. The smallest absolute Gasteiger partial charge is 0.220 e. The molecule has 0 fully saturated rings. The average Bonchev–Trinajstić information content (AvgIpc) is 2.83. The summed E-state index contributed by atoms with van der Waals surface area (Å²) in [6.07, 6.45) is 9.80. The van der Waals surface area contributed by atoms with E-state index in [0.717, 1.165) is 18.7 Å². The van der Waals surface area contributed by atoms with Crippen LogP contribution >= 0.6 is 0 Å². The number of carbonyl (C=O) groups is 1. The molecule has 0 aromatic carbocycles. The highest BCUT2D eigenvalue weighted by Crippen LogP contribution is 2.20. The van der Waals surface area contributed by atoms with Crippen LogP contribution < -0.4 is 5.32 Å². The number of nitrogens with zero attached hydrogens (tertiary/aromatic N) is 3. The lowest BCUT2D eigenvalue weighted by molar-refractivity contribution is -0.121. The molecule has 1 heterocycles. The molecule has 1 aromatic rings. The summed E-state index contributed by atoms with van der Waals surface area (Å²) in [6.45, 7) is 2.07. The average molecular weight is 262 g/mol. The maximum absolute atomic E-state index is 11.9. The van der Waals surface area contributed by atoms with Gasteiger partial charge in [-0.05, 0) is 32.6 Å². The fraction of sp³-hybridized carbons (Fsp3) is 0.643. The van der Waals surface area contributed by atoms with E-state index in [1.165, 1.54) is 18.4 Å². The van der Waals surface area contributed by atoms with E-state index in [0.29, 0.717) is 12.8 Å². The molecule has 0 saturated carbocycles. The van der Waals surface area contributed by atoms with Gasteiger partial charge in [-0.3, -0.25) is 4.79 Å². The van der Waals surface area contributed by atoms with Gasteiger partial charge in [-0.25, -0.2) is 0 Å². The molecule has 0 radical (unpaired) electrons. The summed E-state index contributed by atoms with van der Waals surface area (Å²) < 4.78 is 1.85. The minimum atomic E-state index is 0.0852. The van der Waals surface area contributed by atoms with Crippen LogP contribution in [0.4, 0.5) is 0 Å². The highest BCUT2D eigenvalue weighted by atomic mass is 16.1. The number of hydrogen-bond donors (Lipinski definition) is 1. The van der Waals surface area contributed by atoms with Gasteiger partial charge >= 0.3 is 0 Å². The maximum Gasteiger partial charge on any atom is 0.220 e. The van der Waals surface area contributed by atoms with Gasteiger partial charge in [0.25, 0.3) is 0 Å². The Balaban J connectivity index is 1.78. The molecule has 0 aliphatic heterocycles. The van der Waals surface area contributed by atoms with Crippen molar-refractivity contribution in [1.82, 2.24) is 20.1 Å². The Morgan fingerprint density at radius 1 is 1.53 bits per heavy atom. The lowest BCUT2D eigenvalue weighted by Gasteiger charge is -2.20. The van der Waals surface area contributed by atoms with Gasteiger partial charge in [0.05, 0.1) is 0 Å². The van der Waals surface area contributed by atoms with E-state index in [9.17, 15) is 4.79 Å². The van der Waals surface area contributed by atoms with Crippen LogP contribution in [0.25, 0.3) is 0 Å². The lowest BCUT2D eigenvalue weighted by atomic mass is 9.94. The molecule has 1 aromatic heterocycles. The third kappa shape index (κ3) is 3.91. The van der Waals surface area contributed by atoms with Crippen LogP contribution in [0.1, 0.15) is 44.9 Å². The van der Waals surface area contributed by atoms with Crippen LogP contribution in [-0.4, -0.2) is 26.7 Å². The van der Waals surface area contributed by atoms with E-state index in [4.69, 9.17) is 0 Å². The molecule has 1 N–H and O–H groups in total. The SMILES string of the molecule is CC(NC(=O)CCc1nncn1C)C1=CCCCC1. The van der Waals surface area contributed by atoms with Crippen molar-refractivity contribution in [2.24, 2.45) is 7.05 Å².